The normalized spacial score (nSPS) is 17.9. The zero-order valence-electron chi connectivity index (χ0n) is 10.9. The van der Waals surface area contributed by atoms with Crippen molar-refractivity contribution < 1.29 is 9.53 Å². The minimum absolute atomic E-state index is 0.318. The summed E-state index contributed by atoms with van der Waals surface area (Å²) >= 11 is 0. The SMILES string of the molecule is C1CN1N1CC1.C=CC(=O)OCCCCCC. The largest absolute Gasteiger partial charge is 0.463 e. The molecule has 2 heterocycles. The van der Waals surface area contributed by atoms with Crippen molar-refractivity contribution in [2.45, 2.75) is 32.6 Å². The van der Waals surface area contributed by atoms with Gasteiger partial charge in [-0.1, -0.05) is 32.8 Å². The van der Waals surface area contributed by atoms with Crippen molar-refractivity contribution in [3.8, 4) is 0 Å². The molecule has 98 valence electrons. The Kier molecular flexibility index (Phi) is 6.89. The maximum Gasteiger partial charge on any atom is 0.330 e. The molecule has 2 rings (SSSR count). The Morgan fingerprint density at radius 1 is 1.18 bits per heavy atom. The summed E-state index contributed by atoms with van der Waals surface area (Å²) < 4.78 is 4.78. The smallest absolute Gasteiger partial charge is 0.330 e. The van der Waals surface area contributed by atoms with E-state index in [1.54, 1.807) is 0 Å². The zero-order chi connectivity index (χ0) is 12.5. The number of carbonyl (C=O) groups is 1. The molecule has 2 saturated heterocycles. The molecule has 0 unspecified atom stereocenters. The molecule has 2 aliphatic rings. The maximum absolute atomic E-state index is 10.5. The van der Waals surface area contributed by atoms with Crippen LogP contribution in [0.4, 0.5) is 0 Å². The van der Waals surface area contributed by atoms with E-state index in [0.717, 1.165) is 12.8 Å². The van der Waals surface area contributed by atoms with Gasteiger partial charge in [-0.3, -0.25) is 0 Å². The Balaban J connectivity index is 0.000000196. The number of hydrogen-bond donors (Lipinski definition) is 0. The van der Waals surface area contributed by atoms with Crippen LogP contribution in [0.15, 0.2) is 12.7 Å². The fourth-order valence-electron chi connectivity index (χ4n) is 1.42. The van der Waals surface area contributed by atoms with Gasteiger partial charge in [-0.05, 0) is 6.42 Å². The van der Waals surface area contributed by atoms with Gasteiger partial charge in [0.25, 0.3) is 0 Å². The molecule has 0 amide bonds. The molecule has 17 heavy (non-hydrogen) atoms. The van der Waals surface area contributed by atoms with Gasteiger partial charge in [0.05, 0.1) is 6.61 Å². The van der Waals surface area contributed by atoms with Crippen LogP contribution in [0.2, 0.25) is 0 Å². The van der Waals surface area contributed by atoms with Crippen LogP contribution in [-0.2, 0) is 9.53 Å². The van der Waals surface area contributed by atoms with Crippen molar-refractivity contribution in [3.05, 3.63) is 12.7 Å². The maximum atomic E-state index is 10.5. The predicted molar refractivity (Wildman–Crippen MR) is 68.4 cm³/mol. The molecule has 0 atom stereocenters. The Hall–Kier alpha value is -0.870. The molecule has 4 heteroatoms. The van der Waals surface area contributed by atoms with Crippen LogP contribution in [0, 0.1) is 0 Å². The molecule has 0 bridgehead atoms. The first kappa shape index (κ1) is 14.2. The quantitative estimate of drug-likeness (QED) is 0.294. The van der Waals surface area contributed by atoms with Gasteiger partial charge in [0.1, 0.15) is 0 Å². The summed E-state index contributed by atoms with van der Waals surface area (Å²) in [5.41, 5.74) is 0. The van der Waals surface area contributed by atoms with E-state index in [0.29, 0.717) is 6.61 Å². The van der Waals surface area contributed by atoms with Crippen LogP contribution in [0.3, 0.4) is 0 Å². The van der Waals surface area contributed by atoms with Crippen molar-refractivity contribution in [2.75, 3.05) is 32.8 Å². The highest BCUT2D eigenvalue weighted by molar-refractivity contribution is 5.81. The monoisotopic (exact) mass is 240 g/mol. The van der Waals surface area contributed by atoms with Crippen LogP contribution in [0.25, 0.3) is 0 Å². The number of hydrazine groups is 1. The van der Waals surface area contributed by atoms with Crippen LogP contribution in [-0.4, -0.2) is 48.8 Å². The molecular formula is C13H24N2O2. The standard InChI is InChI=1S/C9H16O2.C4H8N2/c1-3-5-6-7-8-11-9(10)4-2;1-2-5(1)6-3-4-6/h4H,2-3,5-8H2,1H3;1-4H2. The zero-order valence-corrected chi connectivity index (χ0v) is 10.9. The van der Waals surface area contributed by atoms with Crippen LogP contribution < -0.4 is 0 Å². The Morgan fingerprint density at radius 2 is 1.76 bits per heavy atom. The van der Waals surface area contributed by atoms with Crippen molar-refractivity contribution in [1.82, 2.24) is 10.0 Å². The van der Waals surface area contributed by atoms with Gasteiger partial charge in [-0.2, -0.15) is 0 Å². The summed E-state index contributed by atoms with van der Waals surface area (Å²) in [6.07, 6.45) is 5.72. The second kappa shape index (κ2) is 8.25. The van der Waals surface area contributed by atoms with E-state index >= 15 is 0 Å². The van der Waals surface area contributed by atoms with Crippen LogP contribution in [0.5, 0.6) is 0 Å². The van der Waals surface area contributed by atoms with E-state index in [1.165, 1.54) is 45.1 Å². The molecule has 2 fully saturated rings. The number of hydrogen-bond acceptors (Lipinski definition) is 4. The van der Waals surface area contributed by atoms with Crippen LogP contribution in [0.1, 0.15) is 32.6 Å². The number of ether oxygens (including phenoxy) is 1. The van der Waals surface area contributed by atoms with E-state index in [2.05, 4.69) is 23.5 Å². The molecule has 0 aromatic carbocycles. The second-order valence-electron chi connectivity index (χ2n) is 4.34. The third-order valence-corrected chi connectivity index (χ3v) is 2.66. The summed E-state index contributed by atoms with van der Waals surface area (Å²) in [6, 6.07) is 0. The molecule has 0 aromatic heterocycles. The molecule has 4 nitrogen and oxygen atoms in total. The van der Waals surface area contributed by atoms with Gasteiger partial charge in [0, 0.05) is 32.3 Å². The second-order valence-corrected chi connectivity index (χ2v) is 4.34. The summed E-state index contributed by atoms with van der Waals surface area (Å²) in [7, 11) is 0. The van der Waals surface area contributed by atoms with Crippen molar-refractivity contribution in [1.29, 1.82) is 0 Å². The lowest BCUT2D eigenvalue weighted by Gasteiger charge is -1.99. The molecule has 0 N–H and O–H groups in total. The molecular weight excluding hydrogens is 216 g/mol. The topological polar surface area (TPSA) is 32.3 Å². The minimum Gasteiger partial charge on any atom is -0.463 e. The number of rotatable bonds is 7. The van der Waals surface area contributed by atoms with E-state index in [9.17, 15) is 4.79 Å². The van der Waals surface area contributed by atoms with Crippen molar-refractivity contribution in [3.63, 3.8) is 0 Å². The van der Waals surface area contributed by atoms with Gasteiger partial charge in [0.2, 0.25) is 0 Å². The third-order valence-electron chi connectivity index (χ3n) is 2.66. The van der Waals surface area contributed by atoms with Crippen molar-refractivity contribution in [2.24, 2.45) is 0 Å². The van der Waals surface area contributed by atoms with Gasteiger partial charge >= 0.3 is 5.97 Å². The number of carbonyl (C=O) groups excluding carboxylic acids is 1. The molecule has 0 saturated carbocycles. The summed E-state index contributed by atoms with van der Waals surface area (Å²) in [4.78, 5) is 10.5. The molecule has 0 spiro atoms. The number of esters is 1. The minimum atomic E-state index is -0.318. The Morgan fingerprint density at radius 3 is 2.18 bits per heavy atom. The van der Waals surface area contributed by atoms with Crippen molar-refractivity contribution >= 4 is 5.97 Å². The lowest BCUT2D eigenvalue weighted by Crippen LogP contribution is -2.03. The fourth-order valence-corrected chi connectivity index (χ4v) is 1.42. The molecule has 0 radical (unpaired) electrons. The van der Waals surface area contributed by atoms with E-state index in [4.69, 9.17) is 4.74 Å². The highest BCUT2D eigenvalue weighted by Crippen LogP contribution is 2.16. The molecule has 0 aliphatic carbocycles. The van der Waals surface area contributed by atoms with Gasteiger partial charge in [-0.15, -0.1) is 0 Å². The van der Waals surface area contributed by atoms with E-state index < -0.39 is 0 Å². The first-order valence-electron chi connectivity index (χ1n) is 6.57. The van der Waals surface area contributed by atoms with Gasteiger partial charge < -0.3 is 4.74 Å². The third kappa shape index (κ3) is 7.94. The average Bonchev–Trinajstić information content (AvgIpc) is 3.20. The first-order valence-corrected chi connectivity index (χ1v) is 6.57. The Labute approximate surface area is 104 Å². The lowest BCUT2D eigenvalue weighted by atomic mass is 10.2. The first-order chi connectivity index (χ1) is 8.27. The molecule has 2 aliphatic heterocycles. The highest BCUT2D eigenvalue weighted by atomic mass is 16.5. The van der Waals surface area contributed by atoms with Gasteiger partial charge in [-0.25, -0.2) is 14.8 Å². The Bertz CT molecular complexity index is 226. The summed E-state index contributed by atoms with van der Waals surface area (Å²) in [6.45, 7) is 11.3. The van der Waals surface area contributed by atoms with Gasteiger partial charge in [0.15, 0.2) is 0 Å². The van der Waals surface area contributed by atoms with E-state index in [1.807, 2.05) is 0 Å². The van der Waals surface area contributed by atoms with E-state index in [-0.39, 0.29) is 5.97 Å². The molecule has 0 aromatic rings. The fraction of sp³-hybridized carbons (Fsp3) is 0.769. The lowest BCUT2D eigenvalue weighted by molar-refractivity contribution is -0.137. The summed E-state index contributed by atoms with van der Waals surface area (Å²) in [5.74, 6) is -0.318. The number of unbranched alkanes of at least 4 members (excludes halogenated alkanes) is 3. The predicted octanol–water partition coefficient (Wildman–Crippen LogP) is 1.83. The highest BCUT2D eigenvalue weighted by Gasteiger charge is 2.32. The number of nitrogens with zero attached hydrogens (tertiary/aromatic N) is 2. The average molecular weight is 240 g/mol. The van der Waals surface area contributed by atoms with Crippen LogP contribution >= 0.6 is 0 Å². The summed E-state index contributed by atoms with van der Waals surface area (Å²) in [5, 5.41) is 4.72.